The number of furan rings is 1. The minimum absolute atomic E-state index is 0.223. The predicted molar refractivity (Wildman–Crippen MR) is 99.7 cm³/mol. The van der Waals surface area contributed by atoms with E-state index in [1.165, 1.54) is 5.56 Å². The average Bonchev–Trinajstić information content (AvgIpc) is 3.40. The zero-order valence-corrected chi connectivity index (χ0v) is 16.8. The Morgan fingerprint density at radius 1 is 1.40 bits per heavy atom. The van der Waals surface area contributed by atoms with Crippen LogP contribution in [0.25, 0.3) is 0 Å². The summed E-state index contributed by atoms with van der Waals surface area (Å²) in [6.07, 6.45) is 2.86. The Morgan fingerprint density at radius 2 is 2.13 bits per heavy atom. The molecular weight excluding hydrogens is 407 g/mol. The van der Waals surface area contributed by atoms with E-state index < -0.39 is 12.1 Å². The molecule has 0 bridgehead atoms. The van der Waals surface area contributed by atoms with Crippen LogP contribution in [0.4, 0.5) is 13.2 Å². The van der Waals surface area contributed by atoms with Gasteiger partial charge in [-0.2, -0.15) is 18.3 Å². The molecule has 0 aliphatic carbocycles. The predicted octanol–water partition coefficient (Wildman–Crippen LogP) is 2.50. The van der Waals surface area contributed by atoms with Gasteiger partial charge in [-0.1, -0.05) is 0 Å². The molecule has 8 nitrogen and oxygen atoms in total. The molecule has 1 fully saturated rings. The number of likely N-dealkylation sites (tertiary alicyclic amines) is 1. The molecule has 0 spiro atoms. The maximum absolute atomic E-state index is 10.6. The van der Waals surface area contributed by atoms with E-state index in [-0.39, 0.29) is 6.10 Å². The lowest BCUT2D eigenvalue weighted by Gasteiger charge is -2.27. The van der Waals surface area contributed by atoms with Crippen molar-refractivity contribution in [3.05, 3.63) is 42.1 Å². The highest BCUT2D eigenvalue weighted by Gasteiger charge is 2.38. The van der Waals surface area contributed by atoms with Crippen molar-refractivity contribution in [3.63, 3.8) is 0 Å². The van der Waals surface area contributed by atoms with E-state index in [1.54, 1.807) is 13.4 Å². The summed E-state index contributed by atoms with van der Waals surface area (Å²) in [4.78, 5) is 11.3. The first-order valence-electron chi connectivity index (χ1n) is 9.35. The lowest BCUT2D eigenvalue weighted by molar-refractivity contribution is -0.192. The van der Waals surface area contributed by atoms with Gasteiger partial charge in [0, 0.05) is 32.9 Å². The molecule has 2 aromatic rings. The molecular formula is C19H26F3N3O5. The van der Waals surface area contributed by atoms with Gasteiger partial charge in [-0.15, -0.1) is 0 Å². The molecule has 0 saturated carbocycles. The number of ether oxygens (including phenoxy) is 2. The monoisotopic (exact) mass is 433 g/mol. The van der Waals surface area contributed by atoms with E-state index in [9.17, 15) is 13.2 Å². The number of carboxylic acids is 1. The van der Waals surface area contributed by atoms with Crippen molar-refractivity contribution in [2.75, 3.05) is 26.9 Å². The first-order chi connectivity index (χ1) is 14.2. The van der Waals surface area contributed by atoms with E-state index in [2.05, 4.69) is 16.2 Å². The first-order valence-corrected chi connectivity index (χ1v) is 9.35. The standard InChI is InChI=1S/C17H25N3O3.C2HF3O2/c1-19-12-14(11-18-19)10-16-17(23-9-8-21-2)5-6-20(16)13-15-4-3-7-22-15;3-2(4,5)1(6)7/h3-4,7,11-12,16-17H,5-6,8-10,13H2,1-2H3;(H,6,7)/t16-,17-;/m0./s1. The van der Waals surface area contributed by atoms with Crippen LogP contribution in [0.5, 0.6) is 0 Å². The van der Waals surface area contributed by atoms with Crippen molar-refractivity contribution >= 4 is 5.97 Å². The number of alkyl halides is 3. The summed E-state index contributed by atoms with van der Waals surface area (Å²) in [7, 11) is 3.65. The Balaban J connectivity index is 0.000000396. The smallest absolute Gasteiger partial charge is 0.475 e. The summed E-state index contributed by atoms with van der Waals surface area (Å²) in [6, 6.07) is 4.30. The third-order valence-corrected chi connectivity index (χ3v) is 4.60. The minimum Gasteiger partial charge on any atom is -0.475 e. The van der Waals surface area contributed by atoms with Gasteiger partial charge in [-0.05, 0) is 30.5 Å². The number of aliphatic carboxylic acids is 1. The molecule has 3 heterocycles. The van der Waals surface area contributed by atoms with Gasteiger partial charge in [0.2, 0.25) is 0 Å². The number of carboxylic acid groups (broad SMARTS) is 1. The normalized spacial score (nSPS) is 19.5. The zero-order chi connectivity index (χ0) is 22.1. The number of nitrogens with zero attached hydrogens (tertiary/aromatic N) is 3. The molecule has 3 rings (SSSR count). The quantitative estimate of drug-likeness (QED) is 0.640. The molecule has 1 saturated heterocycles. The number of aryl methyl sites for hydroxylation is 1. The van der Waals surface area contributed by atoms with Crippen LogP contribution < -0.4 is 0 Å². The van der Waals surface area contributed by atoms with Crippen molar-refractivity contribution in [2.24, 2.45) is 7.05 Å². The van der Waals surface area contributed by atoms with Crippen molar-refractivity contribution in [1.29, 1.82) is 0 Å². The molecule has 2 aromatic heterocycles. The number of halogens is 3. The number of hydrogen-bond donors (Lipinski definition) is 1. The average molecular weight is 433 g/mol. The van der Waals surface area contributed by atoms with Gasteiger partial charge in [0.05, 0.1) is 38.3 Å². The first kappa shape index (κ1) is 23.9. The van der Waals surface area contributed by atoms with Gasteiger partial charge in [-0.3, -0.25) is 9.58 Å². The molecule has 0 aromatic carbocycles. The minimum atomic E-state index is -5.08. The number of rotatable bonds is 8. The van der Waals surface area contributed by atoms with Crippen LogP contribution in [0.15, 0.2) is 35.2 Å². The third kappa shape index (κ3) is 7.47. The van der Waals surface area contributed by atoms with Crippen LogP contribution >= 0.6 is 0 Å². The van der Waals surface area contributed by atoms with Gasteiger partial charge < -0.3 is 19.0 Å². The van der Waals surface area contributed by atoms with Gasteiger partial charge in [-0.25, -0.2) is 4.79 Å². The van der Waals surface area contributed by atoms with Crippen LogP contribution in [0, 0.1) is 0 Å². The van der Waals surface area contributed by atoms with Crippen LogP contribution in [0.1, 0.15) is 17.7 Å². The Morgan fingerprint density at radius 3 is 2.67 bits per heavy atom. The van der Waals surface area contributed by atoms with Crippen molar-refractivity contribution in [3.8, 4) is 0 Å². The molecule has 0 unspecified atom stereocenters. The van der Waals surface area contributed by atoms with Crippen LogP contribution in [-0.2, 0) is 34.3 Å². The number of carbonyl (C=O) groups is 1. The summed E-state index contributed by atoms with van der Waals surface area (Å²) >= 11 is 0. The van der Waals surface area contributed by atoms with Crippen molar-refractivity contribution < 1.29 is 37.0 Å². The largest absolute Gasteiger partial charge is 0.490 e. The second kappa shape index (κ2) is 11.1. The summed E-state index contributed by atoms with van der Waals surface area (Å²) in [5.41, 5.74) is 1.24. The van der Waals surface area contributed by atoms with E-state index >= 15 is 0 Å². The molecule has 1 N–H and O–H groups in total. The molecule has 168 valence electrons. The third-order valence-electron chi connectivity index (χ3n) is 4.60. The number of aromatic nitrogens is 2. The van der Waals surface area contributed by atoms with Crippen LogP contribution in [-0.4, -0.2) is 70.9 Å². The fourth-order valence-electron chi connectivity index (χ4n) is 3.24. The molecule has 0 amide bonds. The van der Waals surface area contributed by atoms with Crippen LogP contribution in [0.2, 0.25) is 0 Å². The summed E-state index contributed by atoms with van der Waals surface area (Å²) in [6.45, 7) is 3.11. The second-order valence-electron chi connectivity index (χ2n) is 6.84. The Hall–Kier alpha value is -2.37. The highest BCUT2D eigenvalue weighted by Crippen LogP contribution is 2.26. The molecule has 1 aliphatic rings. The summed E-state index contributed by atoms with van der Waals surface area (Å²) in [5, 5.41) is 11.4. The van der Waals surface area contributed by atoms with Crippen LogP contribution in [0.3, 0.4) is 0 Å². The lowest BCUT2D eigenvalue weighted by Crippen LogP contribution is -2.38. The summed E-state index contributed by atoms with van der Waals surface area (Å²) < 4.78 is 50.3. The topological polar surface area (TPSA) is 90.0 Å². The molecule has 30 heavy (non-hydrogen) atoms. The lowest BCUT2D eigenvalue weighted by atomic mass is 10.0. The van der Waals surface area contributed by atoms with E-state index in [0.29, 0.717) is 19.3 Å². The molecule has 11 heteroatoms. The van der Waals surface area contributed by atoms with E-state index in [0.717, 1.165) is 31.7 Å². The molecule has 2 atom stereocenters. The SMILES string of the molecule is COCCO[C@H]1CCN(Cc2ccco2)[C@H]1Cc1cnn(C)c1.O=C(O)C(F)(F)F. The number of methoxy groups -OCH3 is 1. The molecule has 0 radical (unpaired) electrons. The Labute approximate surface area is 172 Å². The number of hydrogen-bond acceptors (Lipinski definition) is 6. The van der Waals surface area contributed by atoms with Gasteiger partial charge in [0.1, 0.15) is 5.76 Å². The van der Waals surface area contributed by atoms with Gasteiger partial charge in [0.15, 0.2) is 0 Å². The Kier molecular flexibility index (Phi) is 8.88. The van der Waals surface area contributed by atoms with Gasteiger partial charge >= 0.3 is 12.1 Å². The second-order valence-corrected chi connectivity index (χ2v) is 6.84. The maximum atomic E-state index is 10.6. The van der Waals surface area contributed by atoms with Gasteiger partial charge in [0.25, 0.3) is 0 Å². The fraction of sp³-hybridized carbons (Fsp3) is 0.579. The van der Waals surface area contributed by atoms with E-state index in [4.69, 9.17) is 23.8 Å². The van der Waals surface area contributed by atoms with Crippen molar-refractivity contribution in [1.82, 2.24) is 14.7 Å². The molecule has 1 aliphatic heterocycles. The summed E-state index contributed by atoms with van der Waals surface area (Å²) in [5.74, 6) is -1.76. The van der Waals surface area contributed by atoms with E-state index in [1.807, 2.05) is 30.1 Å². The fourth-order valence-corrected chi connectivity index (χ4v) is 3.24. The highest BCUT2D eigenvalue weighted by atomic mass is 19.4. The highest BCUT2D eigenvalue weighted by molar-refractivity contribution is 5.73. The Bertz CT molecular complexity index is 764. The zero-order valence-electron chi connectivity index (χ0n) is 16.8. The maximum Gasteiger partial charge on any atom is 0.490 e. The van der Waals surface area contributed by atoms with Crippen molar-refractivity contribution in [2.45, 2.75) is 37.7 Å².